The lowest BCUT2D eigenvalue weighted by atomic mass is 9.57. The molecule has 0 nitrogen and oxygen atoms in total. The van der Waals surface area contributed by atoms with Crippen molar-refractivity contribution in [3.63, 3.8) is 0 Å². The van der Waals surface area contributed by atoms with Gasteiger partial charge >= 0.3 is 0 Å². The Morgan fingerprint density at radius 2 is 1.96 bits per heavy atom. The molecule has 5 atom stereocenters. The van der Waals surface area contributed by atoms with E-state index in [0.29, 0.717) is 17.3 Å². The van der Waals surface area contributed by atoms with E-state index in [1.165, 1.54) is 57.8 Å². The third kappa shape index (κ3) is 3.30. The van der Waals surface area contributed by atoms with Crippen LogP contribution in [0, 0.1) is 29.1 Å². The van der Waals surface area contributed by atoms with Crippen molar-refractivity contribution in [3.05, 3.63) is 23.3 Å². The number of rotatable bonds is 2. The van der Waals surface area contributed by atoms with E-state index in [1.807, 2.05) is 0 Å². The maximum Gasteiger partial charge on any atom is 0.0922 e. The molecule has 1 heteroatoms. The molecule has 0 radical (unpaired) electrons. The van der Waals surface area contributed by atoms with Crippen LogP contribution in [0.25, 0.3) is 0 Å². The van der Waals surface area contributed by atoms with E-state index in [1.54, 1.807) is 11.1 Å². The Labute approximate surface area is 142 Å². The van der Waals surface area contributed by atoms with Gasteiger partial charge in [0.15, 0.2) is 0 Å². The Hall–Kier alpha value is -0.590. The summed E-state index contributed by atoms with van der Waals surface area (Å²) in [6, 6.07) is 0. The van der Waals surface area contributed by atoms with Crippen molar-refractivity contribution in [2.24, 2.45) is 29.1 Å². The standard InChI is InChI=1S/C22H35F/c1-16-10-11-18(17(2)15-23)7-6-9-21-20(16)13-12-19-8-4-5-14-22(19,21)3/h12-13,16-18,21H,4-11,14-15H2,1-3H3. The molecule has 0 aliphatic heterocycles. The van der Waals surface area contributed by atoms with Gasteiger partial charge in [0.2, 0.25) is 0 Å². The molecule has 0 heterocycles. The van der Waals surface area contributed by atoms with E-state index < -0.39 is 0 Å². The molecule has 0 N–H and O–H groups in total. The molecule has 3 aliphatic carbocycles. The first kappa shape index (κ1) is 17.2. The quantitative estimate of drug-likeness (QED) is 0.521. The van der Waals surface area contributed by atoms with E-state index in [4.69, 9.17) is 0 Å². The summed E-state index contributed by atoms with van der Waals surface area (Å²) in [6.45, 7) is 6.94. The first-order valence-electron chi connectivity index (χ1n) is 10.0. The van der Waals surface area contributed by atoms with Crippen molar-refractivity contribution >= 4 is 0 Å². The summed E-state index contributed by atoms with van der Waals surface area (Å²) in [7, 11) is 0. The lowest BCUT2D eigenvalue weighted by Gasteiger charge is -2.47. The molecule has 0 spiro atoms. The number of hydrogen-bond acceptors (Lipinski definition) is 0. The average Bonchev–Trinajstić information content (AvgIpc) is 2.64. The summed E-state index contributed by atoms with van der Waals surface area (Å²) in [5.41, 5.74) is 3.85. The van der Waals surface area contributed by atoms with Crippen molar-refractivity contribution in [1.82, 2.24) is 0 Å². The Bertz CT molecular complexity index is 474. The van der Waals surface area contributed by atoms with Crippen LogP contribution in [0.1, 0.15) is 78.6 Å². The van der Waals surface area contributed by atoms with Gasteiger partial charge in [-0.15, -0.1) is 0 Å². The van der Waals surface area contributed by atoms with Crippen LogP contribution >= 0.6 is 0 Å². The van der Waals surface area contributed by atoms with E-state index in [-0.39, 0.29) is 12.6 Å². The number of allylic oxidation sites excluding steroid dienone is 4. The maximum absolute atomic E-state index is 13.2. The van der Waals surface area contributed by atoms with Crippen LogP contribution in [0.3, 0.4) is 0 Å². The summed E-state index contributed by atoms with van der Waals surface area (Å²) in [4.78, 5) is 0. The van der Waals surface area contributed by atoms with Crippen molar-refractivity contribution in [3.8, 4) is 0 Å². The normalized spacial score (nSPS) is 39.7. The molecule has 0 aromatic carbocycles. The van der Waals surface area contributed by atoms with E-state index in [2.05, 4.69) is 32.9 Å². The molecule has 0 aromatic rings. The van der Waals surface area contributed by atoms with Gasteiger partial charge in [0, 0.05) is 0 Å². The molecule has 5 unspecified atom stereocenters. The zero-order valence-corrected chi connectivity index (χ0v) is 15.4. The second-order valence-corrected chi connectivity index (χ2v) is 8.84. The number of halogens is 1. The molecule has 3 rings (SSSR count). The van der Waals surface area contributed by atoms with Gasteiger partial charge in [0.25, 0.3) is 0 Å². The predicted octanol–water partition coefficient (Wildman–Crippen LogP) is 6.87. The summed E-state index contributed by atoms with van der Waals surface area (Å²) >= 11 is 0. The van der Waals surface area contributed by atoms with Gasteiger partial charge < -0.3 is 0 Å². The molecular weight excluding hydrogens is 283 g/mol. The Kier molecular flexibility index (Phi) is 5.33. The highest BCUT2D eigenvalue weighted by Crippen LogP contribution is 2.54. The fraction of sp³-hybridized carbons (Fsp3) is 0.818. The van der Waals surface area contributed by atoms with Crippen LogP contribution in [0.2, 0.25) is 0 Å². The van der Waals surface area contributed by atoms with Crippen molar-refractivity contribution < 1.29 is 4.39 Å². The van der Waals surface area contributed by atoms with Crippen LogP contribution in [0.15, 0.2) is 23.3 Å². The highest BCUT2D eigenvalue weighted by atomic mass is 19.1. The summed E-state index contributed by atoms with van der Waals surface area (Å²) in [6.07, 6.45) is 16.7. The fourth-order valence-corrected chi connectivity index (χ4v) is 5.65. The molecule has 2 fully saturated rings. The minimum absolute atomic E-state index is 0.144. The number of fused-ring (bicyclic) bond motifs is 3. The molecule has 130 valence electrons. The van der Waals surface area contributed by atoms with Crippen molar-refractivity contribution in [2.45, 2.75) is 78.6 Å². The largest absolute Gasteiger partial charge is 0.251 e. The van der Waals surface area contributed by atoms with Crippen LogP contribution in [-0.4, -0.2) is 6.67 Å². The second kappa shape index (κ2) is 7.11. The summed E-state index contributed by atoms with van der Waals surface area (Å²) < 4.78 is 13.2. The zero-order chi connectivity index (χ0) is 16.4. The topological polar surface area (TPSA) is 0 Å². The Morgan fingerprint density at radius 1 is 1.13 bits per heavy atom. The smallest absolute Gasteiger partial charge is 0.0922 e. The van der Waals surface area contributed by atoms with Gasteiger partial charge in [-0.2, -0.15) is 0 Å². The highest BCUT2D eigenvalue weighted by Gasteiger charge is 2.43. The first-order chi connectivity index (χ1) is 11.1. The van der Waals surface area contributed by atoms with Crippen LogP contribution < -0.4 is 0 Å². The SMILES string of the molecule is CC1CCC(C(C)CF)CCCC2C1=CC=C1CCCCC12C. The first-order valence-corrected chi connectivity index (χ1v) is 10.0. The third-order valence-electron chi connectivity index (χ3n) is 7.43. The van der Waals surface area contributed by atoms with E-state index in [0.717, 1.165) is 5.92 Å². The Morgan fingerprint density at radius 3 is 2.74 bits per heavy atom. The van der Waals surface area contributed by atoms with Gasteiger partial charge in [0.05, 0.1) is 6.67 Å². The van der Waals surface area contributed by atoms with Gasteiger partial charge in [-0.3, -0.25) is 4.39 Å². The molecule has 3 aliphatic rings. The lowest BCUT2D eigenvalue weighted by Crippen LogP contribution is -2.36. The Balaban J connectivity index is 1.83. The zero-order valence-electron chi connectivity index (χ0n) is 15.4. The lowest BCUT2D eigenvalue weighted by molar-refractivity contribution is 0.185. The molecule has 2 saturated carbocycles. The number of alkyl halides is 1. The average molecular weight is 319 g/mol. The minimum Gasteiger partial charge on any atom is -0.251 e. The highest BCUT2D eigenvalue weighted by molar-refractivity contribution is 5.35. The van der Waals surface area contributed by atoms with Crippen LogP contribution in [0.5, 0.6) is 0 Å². The monoisotopic (exact) mass is 318 g/mol. The molecule has 0 amide bonds. The van der Waals surface area contributed by atoms with Gasteiger partial charge in [-0.05, 0) is 67.6 Å². The molecule has 0 aromatic heterocycles. The third-order valence-corrected chi connectivity index (χ3v) is 7.43. The van der Waals surface area contributed by atoms with Crippen molar-refractivity contribution in [2.75, 3.05) is 6.67 Å². The molecule has 0 saturated heterocycles. The number of hydrogen-bond donors (Lipinski definition) is 0. The predicted molar refractivity (Wildman–Crippen MR) is 97.1 cm³/mol. The maximum atomic E-state index is 13.2. The van der Waals surface area contributed by atoms with E-state index in [9.17, 15) is 4.39 Å². The summed E-state index contributed by atoms with van der Waals surface area (Å²) in [5.74, 6) is 2.26. The second-order valence-electron chi connectivity index (χ2n) is 8.84. The fourth-order valence-electron chi connectivity index (χ4n) is 5.65. The molecule has 23 heavy (non-hydrogen) atoms. The molecular formula is C22H35F. The minimum atomic E-state index is -0.144. The van der Waals surface area contributed by atoms with Crippen molar-refractivity contribution in [1.29, 1.82) is 0 Å². The van der Waals surface area contributed by atoms with Gasteiger partial charge in [0.1, 0.15) is 0 Å². The van der Waals surface area contributed by atoms with Crippen LogP contribution in [0.4, 0.5) is 4.39 Å². The molecule has 0 bridgehead atoms. The summed E-state index contributed by atoms with van der Waals surface area (Å²) in [5, 5.41) is 0. The van der Waals surface area contributed by atoms with E-state index >= 15 is 0 Å². The van der Waals surface area contributed by atoms with Crippen LogP contribution in [-0.2, 0) is 0 Å². The van der Waals surface area contributed by atoms with Gasteiger partial charge in [-0.1, -0.05) is 63.3 Å². The van der Waals surface area contributed by atoms with Gasteiger partial charge in [-0.25, -0.2) is 0 Å².